The average molecular weight is 429 g/mol. The Morgan fingerprint density at radius 2 is 1.67 bits per heavy atom. The predicted molar refractivity (Wildman–Crippen MR) is 112 cm³/mol. The van der Waals surface area contributed by atoms with E-state index in [0.29, 0.717) is 10.7 Å². The lowest BCUT2D eigenvalue weighted by Crippen LogP contribution is -2.45. The lowest BCUT2D eigenvalue weighted by atomic mass is 10.0. The van der Waals surface area contributed by atoms with Gasteiger partial charge in [-0.2, -0.15) is 0 Å². The number of nitrogens with zero attached hydrogens (tertiary/aromatic N) is 1. The molecule has 2 aromatic carbocycles. The molecule has 2 rings (SSSR count). The lowest BCUT2D eigenvalue weighted by Gasteiger charge is -2.29. The molecule has 146 valence electrons. The average Bonchev–Trinajstić information content (AvgIpc) is 2.57. The molecular formula is C19H22Cl2N2O3S. The maximum absolute atomic E-state index is 12.8. The molecule has 0 aliphatic carbocycles. The van der Waals surface area contributed by atoms with Crippen LogP contribution in [0.5, 0.6) is 0 Å². The van der Waals surface area contributed by atoms with Crippen LogP contribution in [0.4, 0.5) is 11.4 Å². The summed E-state index contributed by atoms with van der Waals surface area (Å²) < 4.78 is 25.8. The van der Waals surface area contributed by atoms with Gasteiger partial charge in [0.05, 0.1) is 22.0 Å². The summed E-state index contributed by atoms with van der Waals surface area (Å²) in [6.07, 6.45) is 1.04. The smallest absolute Gasteiger partial charge is 0.248 e. The number of rotatable bonds is 6. The Balaban J connectivity index is 2.37. The van der Waals surface area contributed by atoms with Crippen LogP contribution >= 0.6 is 23.2 Å². The molecule has 0 unspecified atom stereocenters. The molecule has 8 heteroatoms. The van der Waals surface area contributed by atoms with Crippen LogP contribution in [0.25, 0.3) is 0 Å². The zero-order chi connectivity index (χ0) is 20.4. The normalized spacial score (nSPS) is 12.7. The van der Waals surface area contributed by atoms with E-state index in [1.165, 1.54) is 25.1 Å². The second-order valence-corrected chi connectivity index (χ2v) is 9.24. The van der Waals surface area contributed by atoms with E-state index in [9.17, 15) is 13.2 Å². The van der Waals surface area contributed by atoms with Crippen molar-refractivity contribution in [3.8, 4) is 0 Å². The van der Waals surface area contributed by atoms with E-state index in [-0.39, 0.29) is 16.6 Å². The zero-order valence-electron chi connectivity index (χ0n) is 15.5. The molecule has 0 heterocycles. The minimum Gasteiger partial charge on any atom is -0.324 e. The van der Waals surface area contributed by atoms with Gasteiger partial charge < -0.3 is 5.32 Å². The van der Waals surface area contributed by atoms with Crippen LogP contribution in [0.3, 0.4) is 0 Å². The van der Waals surface area contributed by atoms with Crippen molar-refractivity contribution in [2.24, 2.45) is 0 Å². The number of carbonyl (C=O) groups is 1. The number of sulfonamides is 1. The molecule has 27 heavy (non-hydrogen) atoms. The van der Waals surface area contributed by atoms with Crippen LogP contribution in [0.2, 0.25) is 10.0 Å². The monoisotopic (exact) mass is 428 g/mol. The number of hydrogen-bond acceptors (Lipinski definition) is 3. The Hall–Kier alpha value is -1.76. The van der Waals surface area contributed by atoms with Gasteiger partial charge in [-0.1, -0.05) is 55.2 Å². The first-order chi connectivity index (χ1) is 12.5. The fourth-order valence-corrected chi connectivity index (χ4v) is 4.24. The lowest BCUT2D eigenvalue weighted by molar-refractivity contribution is -0.116. The van der Waals surface area contributed by atoms with Crippen molar-refractivity contribution in [3.63, 3.8) is 0 Å². The molecule has 0 aromatic heterocycles. The largest absolute Gasteiger partial charge is 0.324 e. The molecule has 0 radical (unpaired) electrons. The molecule has 0 saturated carbocycles. The molecule has 0 saturated heterocycles. The molecule has 5 nitrogen and oxygen atoms in total. The molecule has 0 aliphatic heterocycles. The standard InChI is InChI=1S/C19H22Cl2N2O3S/c1-12(2)15-7-5-6-8-18(15)22-19(24)13(3)23(27(4,25)26)14-9-10-16(20)17(21)11-14/h5-13H,1-4H3,(H,22,24)/t13-/m0/s1. The van der Waals surface area contributed by atoms with Gasteiger partial charge in [-0.3, -0.25) is 9.10 Å². The van der Waals surface area contributed by atoms with Crippen molar-refractivity contribution in [3.05, 3.63) is 58.1 Å². The van der Waals surface area contributed by atoms with Crippen molar-refractivity contribution in [2.45, 2.75) is 32.7 Å². The number of halogens is 2. The van der Waals surface area contributed by atoms with Gasteiger partial charge in [0.2, 0.25) is 15.9 Å². The van der Waals surface area contributed by atoms with Crippen LogP contribution in [0.15, 0.2) is 42.5 Å². The predicted octanol–water partition coefficient (Wildman–Crippen LogP) is 4.91. The highest BCUT2D eigenvalue weighted by Crippen LogP contribution is 2.30. The molecule has 2 aromatic rings. The van der Waals surface area contributed by atoms with E-state index in [1.54, 1.807) is 6.07 Å². The Morgan fingerprint density at radius 3 is 2.22 bits per heavy atom. The molecule has 1 atom stereocenters. The van der Waals surface area contributed by atoms with E-state index in [2.05, 4.69) is 5.32 Å². The number of anilines is 2. The zero-order valence-corrected chi connectivity index (χ0v) is 17.9. The second kappa shape index (κ2) is 8.50. The molecule has 0 spiro atoms. The summed E-state index contributed by atoms with van der Waals surface area (Å²) >= 11 is 11.9. The van der Waals surface area contributed by atoms with Gasteiger partial charge in [0.15, 0.2) is 0 Å². The van der Waals surface area contributed by atoms with Gasteiger partial charge in [0.1, 0.15) is 6.04 Å². The number of nitrogens with one attached hydrogen (secondary N) is 1. The summed E-state index contributed by atoms with van der Waals surface area (Å²) in [5.74, 6) is -0.238. The van der Waals surface area contributed by atoms with Crippen LogP contribution in [0, 0.1) is 0 Å². The number of carbonyl (C=O) groups excluding carboxylic acids is 1. The first-order valence-corrected chi connectivity index (χ1v) is 11.0. The number of amides is 1. The third-order valence-corrected chi connectivity index (χ3v) is 6.07. The summed E-state index contributed by atoms with van der Waals surface area (Å²) in [5.41, 5.74) is 1.90. The Labute approximate surface area is 170 Å². The molecule has 1 amide bonds. The minimum absolute atomic E-state index is 0.206. The molecule has 0 bridgehead atoms. The Morgan fingerprint density at radius 1 is 1.04 bits per heavy atom. The van der Waals surface area contributed by atoms with Crippen molar-refractivity contribution >= 4 is 50.5 Å². The van der Waals surface area contributed by atoms with Crippen LogP contribution in [0.1, 0.15) is 32.3 Å². The Bertz CT molecular complexity index is 946. The third-order valence-electron chi connectivity index (χ3n) is 4.09. The first kappa shape index (κ1) is 21.5. The minimum atomic E-state index is -3.74. The molecular weight excluding hydrogens is 407 g/mol. The second-order valence-electron chi connectivity index (χ2n) is 6.56. The van der Waals surface area contributed by atoms with E-state index >= 15 is 0 Å². The van der Waals surface area contributed by atoms with Gasteiger partial charge in [-0.15, -0.1) is 0 Å². The van der Waals surface area contributed by atoms with Crippen LogP contribution < -0.4 is 9.62 Å². The summed E-state index contributed by atoms with van der Waals surface area (Å²) in [6.45, 7) is 5.57. The van der Waals surface area contributed by atoms with E-state index < -0.39 is 22.0 Å². The summed E-state index contributed by atoms with van der Waals surface area (Å²) in [7, 11) is -3.74. The third kappa shape index (κ3) is 5.15. The van der Waals surface area contributed by atoms with E-state index in [1.807, 2.05) is 32.0 Å². The highest BCUT2D eigenvalue weighted by atomic mass is 35.5. The van der Waals surface area contributed by atoms with Crippen molar-refractivity contribution in [1.29, 1.82) is 0 Å². The number of benzene rings is 2. The van der Waals surface area contributed by atoms with Gasteiger partial charge in [-0.05, 0) is 42.7 Å². The van der Waals surface area contributed by atoms with Gasteiger partial charge in [0, 0.05) is 5.69 Å². The molecule has 0 aliphatic rings. The quantitative estimate of drug-likeness (QED) is 0.710. The van der Waals surface area contributed by atoms with Crippen molar-refractivity contribution in [1.82, 2.24) is 0 Å². The maximum Gasteiger partial charge on any atom is 0.248 e. The maximum atomic E-state index is 12.8. The van der Waals surface area contributed by atoms with Gasteiger partial charge in [0.25, 0.3) is 0 Å². The van der Waals surface area contributed by atoms with Crippen LogP contribution in [-0.4, -0.2) is 26.6 Å². The fraction of sp³-hybridized carbons (Fsp3) is 0.316. The summed E-state index contributed by atoms with van der Waals surface area (Å²) in [5, 5.41) is 3.35. The first-order valence-electron chi connectivity index (χ1n) is 8.36. The highest BCUT2D eigenvalue weighted by Gasteiger charge is 2.30. The molecule has 1 N–H and O–H groups in total. The van der Waals surface area contributed by atoms with Crippen LogP contribution in [-0.2, 0) is 14.8 Å². The van der Waals surface area contributed by atoms with E-state index in [0.717, 1.165) is 16.1 Å². The van der Waals surface area contributed by atoms with Gasteiger partial charge in [-0.25, -0.2) is 8.42 Å². The van der Waals surface area contributed by atoms with Crippen molar-refractivity contribution < 1.29 is 13.2 Å². The van der Waals surface area contributed by atoms with E-state index in [4.69, 9.17) is 23.2 Å². The SMILES string of the molecule is CC(C)c1ccccc1NC(=O)[C@H](C)N(c1ccc(Cl)c(Cl)c1)S(C)(=O)=O. The fourth-order valence-electron chi connectivity index (χ4n) is 2.78. The highest BCUT2D eigenvalue weighted by molar-refractivity contribution is 7.92. The number of para-hydroxylation sites is 1. The van der Waals surface area contributed by atoms with Crippen molar-refractivity contribution in [2.75, 3.05) is 15.9 Å². The topological polar surface area (TPSA) is 66.5 Å². The Kier molecular flexibility index (Phi) is 6.78. The number of hydrogen-bond donors (Lipinski definition) is 1. The van der Waals surface area contributed by atoms with Gasteiger partial charge >= 0.3 is 0 Å². The summed E-state index contributed by atoms with van der Waals surface area (Å²) in [4.78, 5) is 12.8. The summed E-state index contributed by atoms with van der Waals surface area (Å²) in [6, 6.07) is 10.9. The molecule has 0 fully saturated rings.